The van der Waals surface area contributed by atoms with Crippen molar-refractivity contribution in [1.29, 1.82) is 0 Å². The molecule has 1 saturated heterocycles. The van der Waals surface area contributed by atoms with Crippen LogP contribution in [-0.2, 0) is 4.79 Å². The zero-order chi connectivity index (χ0) is 17.7. The van der Waals surface area contributed by atoms with E-state index in [4.69, 9.17) is 9.47 Å². The molecular formula is C20H28N2O3. The van der Waals surface area contributed by atoms with E-state index in [1.54, 1.807) is 0 Å². The maximum atomic E-state index is 12.6. The van der Waals surface area contributed by atoms with Crippen LogP contribution in [0.2, 0.25) is 0 Å². The standard InChI is InChI=1S/C20H28N2O3/c1-19(2)9-15-10-20(3,12-19)13-22(15)11-18(23)21-14-4-5-16-17(8-14)25-7-6-24-16/h4-5,8,15H,6-7,9-13H2,1-3H3,(H,21,23)/t15-,20-/m1/s1. The number of benzene rings is 1. The molecule has 1 amide bonds. The molecule has 2 heterocycles. The van der Waals surface area contributed by atoms with Crippen molar-refractivity contribution in [3.8, 4) is 11.5 Å². The molecule has 1 aromatic carbocycles. The van der Waals surface area contributed by atoms with Gasteiger partial charge in [-0.2, -0.15) is 0 Å². The van der Waals surface area contributed by atoms with Gasteiger partial charge in [-0.15, -0.1) is 0 Å². The monoisotopic (exact) mass is 344 g/mol. The van der Waals surface area contributed by atoms with Crippen LogP contribution in [-0.4, -0.2) is 43.2 Å². The third kappa shape index (κ3) is 3.47. The van der Waals surface area contributed by atoms with Gasteiger partial charge in [0.1, 0.15) is 13.2 Å². The zero-order valence-electron chi connectivity index (χ0n) is 15.4. The van der Waals surface area contributed by atoms with Crippen molar-refractivity contribution < 1.29 is 14.3 Å². The van der Waals surface area contributed by atoms with E-state index in [2.05, 4.69) is 31.0 Å². The van der Waals surface area contributed by atoms with E-state index in [0.29, 0.717) is 42.4 Å². The maximum Gasteiger partial charge on any atom is 0.238 e. The van der Waals surface area contributed by atoms with Crippen LogP contribution in [0, 0.1) is 10.8 Å². The Balaban J connectivity index is 1.40. The first-order valence-electron chi connectivity index (χ1n) is 9.26. The third-order valence-corrected chi connectivity index (χ3v) is 5.70. The largest absolute Gasteiger partial charge is 0.486 e. The Labute approximate surface area is 149 Å². The summed E-state index contributed by atoms with van der Waals surface area (Å²) in [6.07, 6.45) is 3.64. The molecular weight excluding hydrogens is 316 g/mol. The minimum Gasteiger partial charge on any atom is -0.486 e. The lowest BCUT2D eigenvalue weighted by atomic mass is 9.65. The topological polar surface area (TPSA) is 50.8 Å². The minimum absolute atomic E-state index is 0.0469. The average molecular weight is 344 g/mol. The predicted octanol–water partition coefficient (Wildman–Crippen LogP) is 3.30. The Morgan fingerprint density at radius 3 is 2.76 bits per heavy atom. The third-order valence-electron chi connectivity index (χ3n) is 5.70. The Morgan fingerprint density at radius 1 is 1.20 bits per heavy atom. The molecule has 0 unspecified atom stereocenters. The van der Waals surface area contributed by atoms with E-state index in [1.165, 1.54) is 19.3 Å². The van der Waals surface area contributed by atoms with Gasteiger partial charge in [-0.3, -0.25) is 9.69 Å². The molecule has 1 aromatic rings. The molecule has 0 aromatic heterocycles. The fraction of sp³-hybridized carbons (Fsp3) is 0.650. The highest BCUT2D eigenvalue weighted by atomic mass is 16.6. The van der Waals surface area contributed by atoms with Crippen LogP contribution in [0.1, 0.15) is 40.0 Å². The first-order chi connectivity index (χ1) is 11.8. The van der Waals surface area contributed by atoms with Crippen molar-refractivity contribution in [1.82, 2.24) is 4.90 Å². The van der Waals surface area contributed by atoms with Crippen LogP contribution in [0.25, 0.3) is 0 Å². The highest BCUT2D eigenvalue weighted by Gasteiger charge is 2.49. The SMILES string of the molecule is CC1(C)C[C@@H]2C[C@@](C)(CN2CC(=O)Nc2ccc3c(c2)OCCO3)C1. The second kappa shape index (κ2) is 5.90. The van der Waals surface area contributed by atoms with E-state index >= 15 is 0 Å². The van der Waals surface area contributed by atoms with Gasteiger partial charge in [0.05, 0.1) is 6.54 Å². The van der Waals surface area contributed by atoms with Crippen molar-refractivity contribution in [3.63, 3.8) is 0 Å². The first-order valence-corrected chi connectivity index (χ1v) is 9.26. The Kier molecular flexibility index (Phi) is 3.95. The van der Waals surface area contributed by atoms with Crippen molar-refractivity contribution in [2.45, 2.75) is 46.1 Å². The molecule has 5 heteroatoms. The number of anilines is 1. The number of ether oxygens (including phenoxy) is 2. The lowest BCUT2D eigenvalue weighted by molar-refractivity contribution is -0.117. The second-order valence-electron chi connectivity index (χ2n) is 9.03. The fourth-order valence-electron chi connectivity index (χ4n) is 5.27. The highest BCUT2D eigenvalue weighted by Crippen LogP contribution is 2.52. The number of carbonyl (C=O) groups excluding carboxylic acids is 1. The molecule has 1 aliphatic carbocycles. The summed E-state index contributed by atoms with van der Waals surface area (Å²) in [4.78, 5) is 14.9. The Hall–Kier alpha value is -1.75. The van der Waals surface area contributed by atoms with Crippen molar-refractivity contribution in [2.75, 3.05) is 31.6 Å². The number of amides is 1. The molecule has 1 saturated carbocycles. The number of hydrogen-bond donors (Lipinski definition) is 1. The molecule has 2 fully saturated rings. The number of fused-ring (bicyclic) bond motifs is 3. The number of rotatable bonds is 3. The summed E-state index contributed by atoms with van der Waals surface area (Å²) in [5.74, 6) is 1.49. The van der Waals surface area contributed by atoms with Crippen LogP contribution >= 0.6 is 0 Å². The number of likely N-dealkylation sites (tertiary alicyclic amines) is 1. The Morgan fingerprint density at radius 2 is 1.96 bits per heavy atom. The summed E-state index contributed by atoms with van der Waals surface area (Å²) < 4.78 is 11.1. The van der Waals surface area contributed by atoms with E-state index in [-0.39, 0.29) is 5.91 Å². The van der Waals surface area contributed by atoms with Gasteiger partial charge in [0.2, 0.25) is 5.91 Å². The van der Waals surface area contributed by atoms with Gasteiger partial charge < -0.3 is 14.8 Å². The molecule has 0 radical (unpaired) electrons. The predicted molar refractivity (Wildman–Crippen MR) is 97.2 cm³/mol. The van der Waals surface area contributed by atoms with Gasteiger partial charge in [0.15, 0.2) is 11.5 Å². The van der Waals surface area contributed by atoms with Gasteiger partial charge in [-0.05, 0) is 42.2 Å². The van der Waals surface area contributed by atoms with E-state index in [9.17, 15) is 4.79 Å². The lowest BCUT2D eigenvalue weighted by Gasteiger charge is -2.39. The molecule has 1 N–H and O–H groups in total. The number of carbonyl (C=O) groups is 1. The minimum atomic E-state index is 0.0469. The molecule has 2 aliphatic heterocycles. The molecule has 2 atom stereocenters. The molecule has 25 heavy (non-hydrogen) atoms. The van der Waals surface area contributed by atoms with Gasteiger partial charge >= 0.3 is 0 Å². The van der Waals surface area contributed by atoms with Gasteiger partial charge in [-0.1, -0.05) is 20.8 Å². The van der Waals surface area contributed by atoms with Crippen LogP contribution in [0.15, 0.2) is 18.2 Å². The molecule has 3 aliphatic rings. The van der Waals surface area contributed by atoms with E-state index < -0.39 is 0 Å². The van der Waals surface area contributed by atoms with Crippen LogP contribution < -0.4 is 14.8 Å². The van der Waals surface area contributed by atoms with Crippen molar-refractivity contribution in [3.05, 3.63) is 18.2 Å². The summed E-state index contributed by atoms with van der Waals surface area (Å²) in [5.41, 5.74) is 1.49. The average Bonchev–Trinajstić information content (AvgIpc) is 2.75. The second-order valence-corrected chi connectivity index (χ2v) is 9.03. The highest BCUT2D eigenvalue weighted by molar-refractivity contribution is 5.92. The number of hydrogen-bond acceptors (Lipinski definition) is 4. The van der Waals surface area contributed by atoms with Crippen molar-refractivity contribution >= 4 is 11.6 Å². The molecule has 0 spiro atoms. The summed E-state index contributed by atoms with van der Waals surface area (Å²) in [7, 11) is 0. The lowest BCUT2D eigenvalue weighted by Crippen LogP contribution is -2.38. The summed E-state index contributed by atoms with van der Waals surface area (Å²) in [6, 6.07) is 6.10. The van der Waals surface area contributed by atoms with Crippen LogP contribution in [0.4, 0.5) is 5.69 Å². The van der Waals surface area contributed by atoms with E-state index in [0.717, 1.165) is 18.0 Å². The Bertz CT molecular complexity index is 688. The van der Waals surface area contributed by atoms with Gasteiger partial charge in [-0.25, -0.2) is 0 Å². The molecule has 136 valence electrons. The van der Waals surface area contributed by atoms with Crippen LogP contribution in [0.3, 0.4) is 0 Å². The molecule has 4 rings (SSSR count). The van der Waals surface area contributed by atoms with Crippen LogP contribution in [0.5, 0.6) is 11.5 Å². The molecule has 5 nitrogen and oxygen atoms in total. The summed E-state index contributed by atoms with van der Waals surface area (Å²) in [5, 5.41) is 3.02. The number of nitrogens with one attached hydrogen (secondary N) is 1. The normalized spacial score (nSPS) is 30.1. The van der Waals surface area contributed by atoms with E-state index in [1.807, 2.05) is 18.2 Å². The zero-order valence-corrected chi connectivity index (χ0v) is 15.4. The first kappa shape index (κ1) is 16.7. The van der Waals surface area contributed by atoms with Crippen molar-refractivity contribution in [2.24, 2.45) is 10.8 Å². The van der Waals surface area contributed by atoms with Gasteiger partial charge in [0, 0.05) is 24.3 Å². The number of nitrogens with zero attached hydrogens (tertiary/aromatic N) is 1. The van der Waals surface area contributed by atoms with Gasteiger partial charge in [0.25, 0.3) is 0 Å². The quantitative estimate of drug-likeness (QED) is 0.914. The summed E-state index contributed by atoms with van der Waals surface area (Å²) in [6.45, 7) is 9.70. The maximum absolute atomic E-state index is 12.6. The fourth-order valence-corrected chi connectivity index (χ4v) is 5.27. The smallest absolute Gasteiger partial charge is 0.238 e. The molecule has 2 bridgehead atoms. The summed E-state index contributed by atoms with van der Waals surface area (Å²) >= 11 is 0.